The zero-order valence-corrected chi connectivity index (χ0v) is 18.8. The van der Waals surface area contributed by atoms with Gasteiger partial charge in [-0.3, -0.25) is 29.4 Å². The number of rotatable bonds is 8. The van der Waals surface area contributed by atoms with Gasteiger partial charge in [0.1, 0.15) is 0 Å². The molecule has 1 aliphatic heterocycles. The normalized spacial score (nSPS) is 18.1. The van der Waals surface area contributed by atoms with Gasteiger partial charge in [0.25, 0.3) is 0 Å². The van der Waals surface area contributed by atoms with E-state index in [1.54, 1.807) is 18.1 Å². The van der Waals surface area contributed by atoms with Crippen molar-refractivity contribution in [2.75, 3.05) is 13.6 Å². The molecule has 3 aromatic rings. The minimum Gasteiger partial charge on any atom is -0.340 e. The summed E-state index contributed by atoms with van der Waals surface area (Å²) in [4.78, 5) is 47.0. The quantitative estimate of drug-likeness (QED) is 0.537. The third kappa shape index (κ3) is 4.69. The van der Waals surface area contributed by atoms with Gasteiger partial charge < -0.3 is 4.90 Å². The van der Waals surface area contributed by atoms with Crippen LogP contribution in [-0.2, 0) is 32.8 Å². The molecule has 8 nitrogen and oxygen atoms in total. The first-order valence-electron chi connectivity index (χ1n) is 10.9. The van der Waals surface area contributed by atoms with Crippen molar-refractivity contribution in [1.82, 2.24) is 25.0 Å². The molecule has 1 saturated heterocycles. The lowest BCUT2D eigenvalue weighted by molar-refractivity contribution is -0.142. The van der Waals surface area contributed by atoms with E-state index in [2.05, 4.69) is 15.2 Å². The van der Waals surface area contributed by atoms with Gasteiger partial charge in [0.05, 0.1) is 17.7 Å². The maximum absolute atomic E-state index is 13.7. The van der Waals surface area contributed by atoms with Crippen LogP contribution in [0.25, 0.3) is 0 Å². The number of aryl methyl sites for hydroxylation is 1. The summed E-state index contributed by atoms with van der Waals surface area (Å²) in [6.07, 6.45) is 2.04. The Labute approximate surface area is 192 Å². The van der Waals surface area contributed by atoms with E-state index in [9.17, 15) is 14.4 Å². The molecule has 2 aromatic heterocycles. The molecule has 3 amide bonds. The highest BCUT2D eigenvalue weighted by atomic mass is 16.2. The molecule has 4 rings (SSSR count). The predicted molar refractivity (Wildman–Crippen MR) is 122 cm³/mol. The number of carbonyl (C=O) groups is 3. The van der Waals surface area contributed by atoms with Crippen LogP contribution in [0.15, 0.2) is 60.8 Å². The van der Waals surface area contributed by atoms with Gasteiger partial charge >= 0.3 is 0 Å². The van der Waals surface area contributed by atoms with Crippen molar-refractivity contribution in [2.24, 2.45) is 0 Å². The number of imide groups is 1. The molecule has 33 heavy (non-hydrogen) atoms. The highest BCUT2D eigenvalue weighted by Gasteiger charge is 2.53. The number of pyridine rings is 1. The van der Waals surface area contributed by atoms with Crippen LogP contribution in [0.5, 0.6) is 0 Å². The molecule has 0 radical (unpaired) electrons. The number of hydrogen-bond acceptors (Lipinski definition) is 5. The highest BCUT2D eigenvalue weighted by molar-refractivity contribution is 6.10. The Bertz CT molecular complexity index is 1150. The predicted octanol–water partition coefficient (Wildman–Crippen LogP) is 2.40. The maximum atomic E-state index is 13.7. The molecule has 0 aliphatic carbocycles. The van der Waals surface area contributed by atoms with Crippen LogP contribution in [0.3, 0.4) is 0 Å². The molecular weight excluding hydrogens is 418 g/mol. The number of aromatic amines is 1. The van der Waals surface area contributed by atoms with Crippen molar-refractivity contribution in [3.05, 3.63) is 83.4 Å². The Kier molecular flexibility index (Phi) is 6.35. The van der Waals surface area contributed by atoms with Crippen LogP contribution in [0.4, 0.5) is 0 Å². The van der Waals surface area contributed by atoms with Gasteiger partial charge in [-0.1, -0.05) is 36.4 Å². The average Bonchev–Trinajstić information content (AvgIpc) is 3.33. The fraction of sp³-hybridized carbons (Fsp3) is 0.320. The smallest absolute Gasteiger partial charge is 0.240 e. The Balaban J connectivity index is 1.56. The van der Waals surface area contributed by atoms with Gasteiger partial charge in [-0.05, 0) is 30.7 Å². The molecular formula is C25H27N5O3. The molecule has 1 aliphatic rings. The first-order chi connectivity index (χ1) is 15.9. The summed E-state index contributed by atoms with van der Waals surface area (Å²) < 4.78 is 0. The van der Waals surface area contributed by atoms with E-state index in [4.69, 9.17) is 0 Å². The molecule has 0 unspecified atom stereocenters. The number of H-pyrrole nitrogens is 1. The molecule has 0 saturated carbocycles. The minimum atomic E-state index is -1.21. The van der Waals surface area contributed by atoms with E-state index in [0.717, 1.165) is 17.1 Å². The van der Waals surface area contributed by atoms with Gasteiger partial charge in [-0.2, -0.15) is 5.10 Å². The number of nitrogens with zero attached hydrogens (tertiary/aromatic N) is 4. The third-order valence-electron chi connectivity index (χ3n) is 6.09. The van der Waals surface area contributed by atoms with Crippen molar-refractivity contribution in [3.63, 3.8) is 0 Å². The van der Waals surface area contributed by atoms with Crippen molar-refractivity contribution < 1.29 is 14.4 Å². The lowest BCUT2D eigenvalue weighted by Gasteiger charge is -2.29. The van der Waals surface area contributed by atoms with Crippen LogP contribution in [-0.4, -0.2) is 56.3 Å². The van der Waals surface area contributed by atoms with E-state index in [-0.39, 0.29) is 37.1 Å². The summed E-state index contributed by atoms with van der Waals surface area (Å²) in [5.74, 6) is -0.808. The zero-order valence-electron chi connectivity index (χ0n) is 18.8. The van der Waals surface area contributed by atoms with Crippen LogP contribution in [0.1, 0.15) is 35.5 Å². The summed E-state index contributed by atoms with van der Waals surface area (Å²) in [6, 6.07) is 16.6. The standard InChI is InChI=1S/C25H27N5O3/c1-18-14-21(28-27-18)17-29(2)22(31)15-25(19-8-4-3-5-9-19)16-23(32)30(24(25)33)13-11-20-10-6-7-12-26-20/h3-10,12,14H,11,13,15-17H2,1-2H3,(H,27,28)/t25-/m1/s1. The summed E-state index contributed by atoms with van der Waals surface area (Å²) in [5, 5.41) is 7.05. The molecule has 0 spiro atoms. The van der Waals surface area contributed by atoms with Gasteiger partial charge in [0, 0.05) is 50.4 Å². The number of nitrogens with one attached hydrogen (secondary N) is 1. The van der Waals surface area contributed by atoms with Crippen molar-refractivity contribution in [2.45, 2.75) is 38.1 Å². The van der Waals surface area contributed by atoms with E-state index >= 15 is 0 Å². The van der Waals surface area contributed by atoms with E-state index in [1.165, 1.54) is 4.90 Å². The zero-order chi connectivity index (χ0) is 23.4. The highest BCUT2D eigenvalue weighted by Crippen LogP contribution is 2.40. The van der Waals surface area contributed by atoms with E-state index in [1.807, 2.05) is 61.5 Å². The van der Waals surface area contributed by atoms with Gasteiger partial charge in [0.15, 0.2) is 0 Å². The third-order valence-corrected chi connectivity index (χ3v) is 6.09. The van der Waals surface area contributed by atoms with Crippen molar-refractivity contribution in [1.29, 1.82) is 0 Å². The molecule has 1 atom stereocenters. The summed E-state index contributed by atoms with van der Waals surface area (Å²) >= 11 is 0. The fourth-order valence-electron chi connectivity index (χ4n) is 4.30. The Morgan fingerprint density at radius 3 is 2.55 bits per heavy atom. The summed E-state index contributed by atoms with van der Waals surface area (Å²) in [7, 11) is 1.69. The molecule has 1 fully saturated rings. The lowest BCUT2D eigenvalue weighted by Crippen LogP contribution is -2.43. The molecule has 170 valence electrons. The van der Waals surface area contributed by atoms with E-state index < -0.39 is 5.41 Å². The van der Waals surface area contributed by atoms with Gasteiger partial charge in [-0.15, -0.1) is 0 Å². The number of hydrogen-bond donors (Lipinski definition) is 1. The second kappa shape index (κ2) is 9.36. The number of benzene rings is 1. The Morgan fingerprint density at radius 1 is 1.12 bits per heavy atom. The van der Waals surface area contributed by atoms with Crippen molar-refractivity contribution in [3.8, 4) is 0 Å². The van der Waals surface area contributed by atoms with Crippen LogP contribution in [0.2, 0.25) is 0 Å². The first-order valence-corrected chi connectivity index (χ1v) is 10.9. The first kappa shape index (κ1) is 22.4. The Hall–Kier alpha value is -3.81. The van der Waals surface area contributed by atoms with Crippen LogP contribution in [0, 0.1) is 6.92 Å². The van der Waals surface area contributed by atoms with E-state index in [0.29, 0.717) is 18.5 Å². The summed E-state index contributed by atoms with van der Waals surface area (Å²) in [5.41, 5.74) is 1.92. The second-order valence-corrected chi connectivity index (χ2v) is 8.52. The molecule has 1 aromatic carbocycles. The largest absolute Gasteiger partial charge is 0.340 e. The number of aromatic nitrogens is 3. The number of amides is 3. The van der Waals surface area contributed by atoms with Crippen LogP contribution >= 0.6 is 0 Å². The fourth-order valence-corrected chi connectivity index (χ4v) is 4.30. The molecule has 8 heteroatoms. The van der Waals surface area contributed by atoms with Gasteiger partial charge in [-0.25, -0.2) is 0 Å². The van der Waals surface area contributed by atoms with Gasteiger partial charge in [0.2, 0.25) is 17.7 Å². The lowest BCUT2D eigenvalue weighted by atomic mass is 9.75. The number of likely N-dealkylation sites (tertiary alicyclic amines) is 1. The minimum absolute atomic E-state index is 0.0286. The molecule has 0 bridgehead atoms. The SMILES string of the molecule is Cc1cc(CN(C)C(=O)C[C@]2(c3ccccc3)CC(=O)N(CCc3ccccn3)C2=O)n[nH]1. The van der Waals surface area contributed by atoms with Crippen LogP contribution < -0.4 is 0 Å². The number of carbonyl (C=O) groups excluding carboxylic acids is 3. The molecule has 1 N–H and O–H groups in total. The summed E-state index contributed by atoms with van der Waals surface area (Å²) in [6.45, 7) is 2.45. The monoisotopic (exact) mass is 445 g/mol. The van der Waals surface area contributed by atoms with Crippen molar-refractivity contribution >= 4 is 17.7 Å². The second-order valence-electron chi connectivity index (χ2n) is 8.52. The Morgan fingerprint density at radius 2 is 1.88 bits per heavy atom. The topological polar surface area (TPSA) is 99.3 Å². The molecule has 3 heterocycles. The maximum Gasteiger partial charge on any atom is 0.240 e. The average molecular weight is 446 g/mol.